The summed E-state index contributed by atoms with van der Waals surface area (Å²) < 4.78 is 0.608. The molecule has 1 aliphatic rings. The van der Waals surface area contributed by atoms with Gasteiger partial charge in [-0.3, -0.25) is 0 Å². The summed E-state index contributed by atoms with van der Waals surface area (Å²) in [4.78, 5) is 10.5. The van der Waals surface area contributed by atoms with Crippen LogP contribution in [0.1, 0.15) is 19.8 Å². The molecule has 0 aromatic carbocycles. The zero-order valence-electron chi connectivity index (χ0n) is 6.21. The Balaban J connectivity index is 2.71. The molecule has 0 unspecified atom stereocenters. The number of hydrogen-bond acceptors (Lipinski definition) is 1. The minimum atomic E-state index is 0.608. The molecular formula is C8H11OY. The van der Waals surface area contributed by atoms with Crippen molar-refractivity contribution in [3.05, 3.63) is 11.6 Å². The van der Waals surface area contributed by atoms with Gasteiger partial charge in [0.15, 0.2) is 0 Å². The van der Waals surface area contributed by atoms with E-state index < -0.39 is 0 Å². The van der Waals surface area contributed by atoms with Gasteiger partial charge in [-0.05, 0) is 0 Å². The van der Waals surface area contributed by atoms with E-state index in [4.69, 9.17) is 0 Å². The molecule has 2 heteroatoms. The molecule has 0 radical (unpaired) electrons. The van der Waals surface area contributed by atoms with Gasteiger partial charge in [-0.25, -0.2) is 0 Å². The molecule has 0 aromatic rings. The first-order chi connectivity index (χ1) is 4.75. The van der Waals surface area contributed by atoms with Crippen LogP contribution >= 0.6 is 0 Å². The van der Waals surface area contributed by atoms with Crippen molar-refractivity contribution in [1.29, 1.82) is 0 Å². The van der Waals surface area contributed by atoms with Crippen LogP contribution in [0.4, 0.5) is 0 Å². The van der Waals surface area contributed by atoms with Crippen LogP contribution < -0.4 is 0 Å². The van der Waals surface area contributed by atoms with Gasteiger partial charge in [0, 0.05) is 0 Å². The Morgan fingerprint density at radius 2 is 2.50 bits per heavy atom. The maximum absolute atomic E-state index is 10.5. The van der Waals surface area contributed by atoms with Crippen molar-refractivity contribution in [2.24, 2.45) is 5.92 Å². The number of hydrogen-bond donors (Lipinski definition) is 0. The third-order valence-corrected chi connectivity index (χ3v) is 4.70. The molecule has 0 saturated carbocycles. The third-order valence-electron chi connectivity index (χ3n) is 2.14. The summed E-state index contributed by atoms with van der Waals surface area (Å²) in [5.41, 5.74) is 1.06. The quantitative estimate of drug-likeness (QED) is 0.606. The van der Waals surface area contributed by atoms with Crippen LogP contribution in [0.3, 0.4) is 0 Å². The molecule has 10 heavy (non-hydrogen) atoms. The van der Waals surface area contributed by atoms with Crippen LogP contribution in [0, 0.1) is 5.92 Å². The number of allylic oxidation sites excluding steroid dienone is 2. The average molecular weight is 212 g/mol. The van der Waals surface area contributed by atoms with Gasteiger partial charge < -0.3 is 0 Å². The van der Waals surface area contributed by atoms with E-state index >= 15 is 0 Å². The molecular weight excluding hydrogens is 201 g/mol. The minimum absolute atomic E-state index is 0.608. The topological polar surface area (TPSA) is 17.1 Å². The van der Waals surface area contributed by atoms with Gasteiger partial charge in [0.25, 0.3) is 0 Å². The van der Waals surface area contributed by atoms with Crippen LogP contribution in [-0.4, -0.2) is 6.29 Å². The first kappa shape index (κ1) is 8.61. The molecule has 1 aliphatic carbocycles. The van der Waals surface area contributed by atoms with Gasteiger partial charge in [-0.1, -0.05) is 0 Å². The molecule has 52 valence electrons. The van der Waals surface area contributed by atoms with Gasteiger partial charge in [-0.2, -0.15) is 0 Å². The van der Waals surface area contributed by atoms with Crippen molar-refractivity contribution in [3.8, 4) is 0 Å². The molecule has 0 fully saturated rings. The fourth-order valence-corrected chi connectivity index (χ4v) is 2.28. The van der Waals surface area contributed by atoms with E-state index in [1.807, 2.05) is 0 Å². The molecule has 0 aromatic heterocycles. The Morgan fingerprint density at radius 3 is 3.00 bits per heavy atom. The second-order valence-electron chi connectivity index (χ2n) is 2.90. The summed E-state index contributed by atoms with van der Waals surface area (Å²) in [6.07, 6.45) is 5.50. The predicted octanol–water partition coefficient (Wildman–Crippen LogP) is 1.88. The van der Waals surface area contributed by atoms with Crippen LogP contribution in [-0.2, 0) is 35.7 Å². The van der Waals surface area contributed by atoms with Crippen LogP contribution in [0.5, 0.6) is 0 Å². The van der Waals surface area contributed by atoms with E-state index in [0.29, 0.717) is 2.73 Å². The van der Waals surface area contributed by atoms with E-state index in [1.54, 1.807) is 0 Å². The standard InChI is InChI=1S/C8H11O.Y/c1-7-3-2-4-8(5-7)6-9;/h4-7H,2-3H2,1H3;/t7-;/m1./s1. The van der Waals surface area contributed by atoms with Crippen molar-refractivity contribution in [2.75, 3.05) is 0 Å². The SMILES string of the molecule is C[C@@H]1CCC=C(C=O)[C@H]1[Y]. The van der Waals surface area contributed by atoms with E-state index in [0.717, 1.165) is 24.2 Å². The summed E-state index contributed by atoms with van der Waals surface area (Å²) in [6.45, 7) is 2.24. The zero-order valence-corrected chi connectivity index (χ0v) is 9.05. The Kier molecular flexibility index (Phi) is 3.25. The summed E-state index contributed by atoms with van der Waals surface area (Å²) in [5.74, 6) is 0.743. The van der Waals surface area contributed by atoms with Gasteiger partial charge in [0.1, 0.15) is 0 Å². The third kappa shape index (κ3) is 1.76. The van der Waals surface area contributed by atoms with Crippen molar-refractivity contribution < 1.29 is 35.7 Å². The van der Waals surface area contributed by atoms with E-state index in [-0.39, 0.29) is 0 Å². The van der Waals surface area contributed by atoms with Crippen LogP contribution in [0.2, 0.25) is 2.73 Å². The summed E-state index contributed by atoms with van der Waals surface area (Å²) in [7, 11) is 0. The second kappa shape index (κ2) is 3.78. The number of carbonyl (C=O) groups is 1. The molecule has 1 rings (SSSR count). The molecule has 0 N–H and O–H groups in total. The van der Waals surface area contributed by atoms with E-state index in [9.17, 15) is 4.79 Å². The zero-order chi connectivity index (χ0) is 7.56. The van der Waals surface area contributed by atoms with Crippen LogP contribution in [0.25, 0.3) is 0 Å². The molecule has 0 bridgehead atoms. The number of aldehydes is 1. The first-order valence-electron chi connectivity index (χ1n) is 3.66. The Bertz CT molecular complexity index is 163. The van der Waals surface area contributed by atoms with Crippen LogP contribution in [0.15, 0.2) is 11.6 Å². The molecule has 0 aliphatic heterocycles. The molecule has 0 amide bonds. The molecule has 2 atom stereocenters. The van der Waals surface area contributed by atoms with E-state index in [2.05, 4.69) is 13.0 Å². The van der Waals surface area contributed by atoms with Gasteiger partial charge in [0.05, 0.1) is 0 Å². The fourth-order valence-electron chi connectivity index (χ4n) is 1.28. The molecule has 0 saturated heterocycles. The van der Waals surface area contributed by atoms with Gasteiger partial charge in [0.2, 0.25) is 0 Å². The Morgan fingerprint density at radius 1 is 1.80 bits per heavy atom. The first-order valence-corrected chi connectivity index (χ1v) is 5.30. The number of carbonyl (C=O) groups excluding carboxylic acids is 1. The van der Waals surface area contributed by atoms with Crippen molar-refractivity contribution in [1.82, 2.24) is 0 Å². The average Bonchev–Trinajstić information content (AvgIpc) is 1.95. The summed E-state index contributed by atoms with van der Waals surface area (Å²) >= 11 is 1.19. The Hall–Kier alpha value is 0.514. The summed E-state index contributed by atoms with van der Waals surface area (Å²) in [6, 6.07) is 0. The normalized spacial score (nSPS) is 33.0. The number of rotatable bonds is 1. The van der Waals surface area contributed by atoms with Crippen molar-refractivity contribution in [3.63, 3.8) is 0 Å². The van der Waals surface area contributed by atoms with Gasteiger partial charge >= 0.3 is 82.1 Å². The summed E-state index contributed by atoms with van der Waals surface area (Å²) in [5, 5.41) is 0. The van der Waals surface area contributed by atoms with Crippen molar-refractivity contribution >= 4 is 6.29 Å². The van der Waals surface area contributed by atoms with Crippen molar-refractivity contribution in [2.45, 2.75) is 22.5 Å². The molecule has 0 heterocycles. The second-order valence-corrected chi connectivity index (χ2v) is 4.67. The Labute approximate surface area is 81.7 Å². The molecule has 0 spiro atoms. The monoisotopic (exact) mass is 212 g/mol. The van der Waals surface area contributed by atoms with Gasteiger partial charge in [-0.15, -0.1) is 0 Å². The predicted molar refractivity (Wildman–Crippen MR) is 36.3 cm³/mol. The molecule has 1 nitrogen and oxygen atoms in total. The van der Waals surface area contributed by atoms with E-state index in [1.165, 1.54) is 37.4 Å². The maximum atomic E-state index is 10.5. The fraction of sp³-hybridized carbons (Fsp3) is 0.625.